The topological polar surface area (TPSA) is 55.6 Å². The van der Waals surface area contributed by atoms with Crippen molar-refractivity contribution in [3.8, 4) is 0 Å². The summed E-state index contributed by atoms with van der Waals surface area (Å²) in [5.41, 5.74) is -2.03. The van der Waals surface area contributed by atoms with Crippen molar-refractivity contribution in [2.75, 3.05) is 18.2 Å². The van der Waals surface area contributed by atoms with Gasteiger partial charge in [-0.15, -0.1) is 0 Å². The van der Waals surface area contributed by atoms with Crippen molar-refractivity contribution >= 4 is 11.4 Å². The van der Waals surface area contributed by atoms with Gasteiger partial charge < -0.3 is 0 Å². The maximum Gasteiger partial charge on any atom is 0.423 e. The Morgan fingerprint density at radius 2 is 2.05 bits per heavy atom. The van der Waals surface area contributed by atoms with Crippen molar-refractivity contribution in [2.45, 2.75) is 19.0 Å². The summed E-state index contributed by atoms with van der Waals surface area (Å²) >= 11 is 0. The van der Waals surface area contributed by atoms with E-state index in [2.05, 4.69) is 0 Å². The molecule has 2 rings (SSSR count). The smallest absolute Gasteiger partial charge is 0.273 e. The summed E-state index contributed by atoms with van der Waals surface area (Å²) < 4.78 is 38.4. The molecule has 0 radical (unpaired) electrons. The van der Waals surface area contributed by atoms with Gasteiger partial charge >= 0.3 is 6.18 Å². The van der Waals surface area contributed by atoms with E-state index in [1.807, 2.05) is 0 Å². The van der Waals surface area contributed by atoms with Crippen LogP contribution in [0.5, 0.6) is 0 Å². The zero-order valence-electron chi connectivity index (χ0n) is 9.81. The van der Waals surface area contributed by atoms with Crippen LogP contribution in [0.25, 0.3) is 0 Å². The molecule has 1 aliphatic heterocycles. The standard InChI is InChI=1S/C11H11F3N2O3/c12-11(13,14)9-7-8(3-4-10(9)16(17)18)15-5-1-2-6-19-15/h3-4,7H,1-2,5-6H2. The lowest BCUT2D eigenvalue weighted by Crippen LogP contribution is -2.30. The van der Waals surface area contributed by atoms with Crippen molar-refractivity contribution in [2.24, 2.45) is 0 Å². The second-order valence-corrected chi connectivity index (χ2v) is 4.10. The minimum absolute atomic E-state index is 0.178. The van der Waals surface area contributed by atoms with Crippen molar-refractivity contribution in [3.05, 3.63) is 33.9 Å². The lowest BCUT2D eigenvalue weighted by atomic mass is 10.1. The summed E-state index contributed by atoms with van der Waals surface area (Å²) in [7, 11) is 0. The monoisotopic (exact) mass is 276 g/mol. The number of hydrogen-bond donors (Lipinski definition) is 0. The predicted octanol–water partition coefficient (Wildman–Crippen LogP) is 3.15. The summed E-state index contributed by atoms with van der Waals surface area (Å²) in [5.74, 6) is 0. The van der Waals surface area contributed by atoms with Gasteiger partial charge in [-0.25, -0.2) is 0 Å². The van der Waals surface area contributed by atoms with Crippen molar-refractivity contribution in [1.82, 2.24) is 0 Å². The van der Waals surface area contributed by atoms with E-state index >= 15 is 0 Å². The molecule has 8 heteroatoms. The summed E-state index contributed by atoms with van der Waals surface area (Å²) in [4.78, 5) is 14.8. The van der Waals surface area contributed by atoms with Gasteiger partial charge in [0.25, 0.3) is 5.69 Å². The van der Waals surface area contributed by atoms with E-state index in [0.717, 1.165) is 25.0 Å². The first-order valence-corrected chi connectivity index (χ1v) is 5.65. The molecule has 0 unspecified atom stereocenters. The van der Waals surface area contributed by atoms with Gasteiger partial charge in [-0.1, -0.05) is 0 Å². The molecule has 104 valence electrons. The van der Waals surface area contributed by atoms with Crippen LogP contribution in [0.2, 0.25) is 0 Å². The molecule has 0 spiro atoms. The molecule has 0 bridgehead atoms. The highest BCUT2D eigenvalue weighted by Crippen LogP contribution is 2.38. The first-order valence-electron chi connectivity index (χ1n) is 5.65. The van der Waals surface area contributed by atoms with Crippen molar-refractivity contribution in [1.29, 1.82) is 0 Å². The maximum atomic E-state index is 12.8. The normalized spacial score (nSPS) is 16.5. The molecule has 0 saturated carbocycles. The van der Waals surface area contributed by atoms with Crippen LogP contribution >= 0.6 is 0 Å². The first kappa shape index (κ1) is 13.6. The summed E-state index contributed by atoms with van der Waals surface area (Å²) in [6.45, 7) is 0.896. The molecule has 0 atom stereocenters. The quantitative estimate of drug-likeness (QED) is 0.615. The number of alkyl halides is 3. The molecule has 1 aromatic rings. The fraction of sp³-hybridized carbons (Fsp3) is 0.455. The Bertz CT molecular complexity index is 485. The van der Waals surface area contributed by atoms with Gasteiger partial charge in [-0.05, 0) is 25.0 Å². The number of anilines is 1. The van der Waals surface area contributed by atoms with Crippen LogP contribution in [0.1, 0.15) is 18.4 Å². The number of rotatable bonds is 2. The number of hydroxylamine groups is 1. The van der Waals surface area contributed by atoms with Gasteiger partial charge in [0.2, 0.25) is 0 Å². The van der Waals surface area contributed by atoms with E-state index in [1.54, 1.807) is 0 Å². The predicted molar refractivity (Wildman–Crippen MR) is 60.6 cm³/mol. The Balaban J connectivity index is 2.40. The van der Waals surface area contributed by atoms with Crippen LogP contribution in [0.3, 0.4) is 0 Å². The zero-order chi connectivity index (χ0) is 14.0. The zero-order valence-corrected chi connectivity index (χ0v) is 9.81. The molecular formula is C11H11F3N2O3. The van der Waals surface area contributed by atoms with Crippen LogP contribution in [0, 0.1) is 10.1 Å². The van der Waals surface area contributed by atoms with Gasteiger partial charge in [-0.2, -0.15) is 13.2 Å². The minimum Gasteiger partial charge on any atom is -0.273 e. The van der Waals surface area contributed by atoms with Gasteiger partial charge in [0, 0.05) is 12.6 Å². The van der Waals surface area contributed by atoms with Crippen molar-refractivity contribution in [3.63, 3.8) is 0 Å². The Morgan fingerprint density at radius 1 is 1.32 bits per heavy atom. The molecule has 1 aromatic carbocycles. The third kappa shape index (κ3) is 2.95. The molecule has 19 heavy (non-hydrogen) atoms. The van der Waals surface area contributed by atoms with Crippen LogP contribution in [0.15, 0.2) is 18.2 Å². The molecule has 1 aliphatic rings. The van der Waals surface area contributed by atoms with Crippen LogP contribution < -0.4 is 5.06 Å². The number of nitrogens with zero attached hydrogens (tertiary/aromatic N) is 2. The number of nitro benzene ring substituents is 1. The SMILES string of the molecule is O=[N+]([O-])c1ccc(N2CCCCO2)cc1C(F)(F)F. The molecule has 1 saturated heterocycles. The fourth-order valence-electron chi connectivity index (χ4n) is 1.87. The van der Waals surface area contributed by atoms with Gasteiger partial charge in [0.15, 0.2) is 0 Å². The Hall–Kier alpha value is -1.83. The van der Waals surface area contributed by atoms with Gasteiger partial charge in [0.05, 0.1) is 17.2 Å². The van der Waals surface area contributed by atoms with E-state index in [4.69, 9.17) is 4.84 Å². The molecular weight excluding hydrogens is 265 g/mol. The molecule has 0 aromatic heterocycles. The van der Waals surface area contributed by atoms with Gasteiger partial charge in [-0.3, -0.25) is 20.0 Å². The van der Waals surface area contributed by atoms with Gasteiger partial charge in [0.1, 0.15) is 5.56 Å². The van der Waals surface area contributed by atoms with E-state index in [-0.39, 0.29) is 5.69 Å². The van der Waals surface area contributed by atoms with E-state index in [0.29, 0.717) is 13.2 Å². The van der Waals surface area contributed by atoms with E-state index < -0.39 is 22.4 Å². The van der Waals surface area contributed by atoms with E-state index in [9.17, 15) is 23.3 Å². The highest BCUT2D eigenvalue weighted by atomic mass is 19.4. The molecule has 5 nitrogen and oxygen atoms in total. The fourth-order valence-corrected chi connectivity index (χ4v) is 1.87. The van der Waals surface area contributed by atoms with E-state index in [1.165, 1.54) is 11.1 Å². The Kier molecular flexibility index (Phi) is 3.61. The lowest BCUT2D eigenvalue weighted by Gasteiger charge is -2.28. The Labute approximate surface area is 106 Å². The third-order valence-corrected chi connectivity index (χ3v) is 2.77. The number of benzene rings is 1. The second-order valence-electron chi connectivity index (χ2n) is 4.10. The molecule has 1 heterocycles. The highest BCUT2D eigenvalue weighted by molar-refractivity contribution is 5.55. The molecule has 0 amide bonds. The van der Waals surface area contributed by atoms with Crippen molar-refractivity contribution < 1.29 is 22.9 Å². The maximum absolute atomic E-state index is 12.8. The largest absolute Gasteiger partial charge is 0.423 e. The second kappa shape index (κ2) is 5.04. The third-order valence-electron chi connectivity index (χ3n) is 2.77. The first-order chi connectivity index (χ1) is 8.89. The van der Waals surface area contributed by atoms with Crippen LogP contribution in [-0.2, 0) is 11.0 Å². The minimum atomic E-state index is -4.77. The summed E-state index contributed by atoms with van der Waals surface area (Å²) in [6.07, 6.45) is -3.12. The average Bonchev–Trinajstić information content (AvgIpc) is 2.38. The number of hydrogen-bond acceptors (Lipinski definition) is 4. The highest BCUT2D eigenvalue weighted by Gasteiger charge is 2.38. The molecule has 0 N–H and O–H groups in total. The number of halogens is 3. The summed E-state index contributed by atoms with van der Waals surface area (Å²) in [6, 6.07) is 2.87. The van der Waals surface area contributed by atoms with Crippen LogP contribution in [0.4, 0.5) is 24.5 Å². The lowest BCUT2D eigenvalue weighted by molar-refractivity contribution is -0.388. The average molecular weight is 276 g/mol. The molecule has 0 aliphatic carbocycles. The van der Waals surface area contributed by atoms with Crippen LogP contribution in [-0.4, -0.2) is 18.1 Å². The molecule has 1 fully saturated rings. The summed E-state index contributed by atoms with van der Waals surface area (Å²) in [5, 5.41) is 12.0. The number of nitro groups is 1. The Morgan fingerprint density at radius 3 is 2.58 bits per heavy atom.